The van der Waals surface area contributed by atoms with E-state index in [1.807, 2.05) is 6.92 Å². The standard InChI is InChI=1S/C11H17NO2/c1-4-10-9(11(13)14)6-8(12-10)5-7(2)3/h6-7,12H,4-5H2,1-3H3,(H,13,14). The molecule has 0 fully saturated rings. The summed E-state index contributed by atoms with van der Waals surface area (Å²) in [7, 11) is 0. The Morgan fingerprint density at radius 2 is 2.21 bits per heavy atom. The molecule has 0 unspecified atom stereocenters. The first-order valence-electron chi connectivity index (χ1n) is 4.98. The van der Waals surface area contributed by atoms with Gasteiger partial charge in [-0.3, -0.25) is 0 Å². The van der Waals surface area contributed by atoms with Crippen molar-refractivity contribution in [2.75, 3.05) is 0 Å². The predicted octanol–water partition coefficient (Wildman–Crippen LogP) is 2.47. The average molecular weight is 195 g/mol. The molecule has 0 spiro atoms. The quantitative estimate of drug-likeness (QED) is 0.775. The molecule has 0 atom stereocenters. The van der Waals surface area contributed by atoms with E-state index in [-0.39, 0.29) is 0 Å². The first-order chi connectivity index (χ1) is 6.54. The minimum Gasteiger partial charge on any atom is -0.478 e. The third-order valence-corrected chi connectivity index (χ3v) is 2.17. The Morgan fingerprint density at radius 1 is 1.57 bits per heavy atom. The number of aromatic nitrogens is 1. The molecule has 14 heavy (non-hydrogen) atoms. The lowest BCUT2D eigenvalue weighted by Gasteiger charge is -2.00. The number of hydrogen-bond donors (Lipinski definition) is 2. The summed E-state index contributed by atoms with van der Waals surface area (Å²) in [4.78, 5) is 14.0. The Labute approximate surface area is 84.2 Å². The molecule has 1 rings (SSSR count). The van der Waals surface area contributed by atoms with E-state index in [2.05, 4.69) is 18.8 Å². The largest absolute Gasteiger partial charge is 0.478 e. The van der Waals surface area contributed by atoms with E-state index in [1.54, 1.807) is 6.07 Å². The molecule has 2 N–H and O–H groups in total. The number of aromatic carboxylic acids is 1. The highest BCUT2D eigenvalue weighted by molar-refractivity contribution is 5.89. The minimum atomic E-state index is -0.840. The Balaban J connectivity index is 2.94. The van der Waals surface area contributed by atoms with Crippen molar-refractivity contribution in [3.63, 3.8) is 0 Å². The lowest BCUT2D eigenvalue weighted by Crippen LogP contribution is -1.98. The first-order valence-corrected chi connectivity index (χ1v) is 4.98. The van der Waals surface area contributed by atoms with E-state index >= 15 is 0 Å². The molecular weight excluding hydrogens is 178 g/mol. The SMILES string of the molecule is CCc1[nH]c(CC(C)C)cc1C(=O)O. The number of carboxylic acid groups (broad SMARTS) is 1. The van der Waals surface area contributed by atoms with Gasteiger partial charge in [-0.1, -0.05) is 20.8 Å². The van der Waals surface area contributed by atoms with Crippen LogP contribution in [0.15, 0.2) is 6.07 Å². The molecule has 0 aliphatic heterocycles. The van der Waals surface area contributed by atoms with E-state index in [9.17, 15) is 4.79 Å². The maximum atomic E-state index is 10.9. The third kappa shape index (κ3) is 2.37. The van der Waals surface area contributed by atoms with E-state index in [0.717, 1.165) is 24.2 Å². The number of nitrogens with one attached hydrogen (secondary N) is 1. The normalized spacial score (nSPS) is 10.9. The smallest absolute Gasteiger partial charge is 0.337 e. The number of carboxylic acids is 1. The highest BCUT2D eigenvalue weighted by atomic mass is 16.4. The van der Waals surface area contributed by atoms with Gasteiger partial charge < -0.3 is 10.1 Å². The monoisotopic (exact) mass is 195 g/mol. The van der Waals surface area contributed by atoms with Gasteiger partial charge in [0, 0.05) is 11.4 Å². The van der Waals surface area contributed by atoms with Crippen molar-refractivity contribution in [3.8, 4) is 0 Å². The molecule has 1 heterocycles. The van der Waals surface area contributed by atoms with E-state index in [1.165, 1.54) is 0 Å². The van der Waals surface area contributed by atoms with Crippen molar-refractivity contribution in [2.45, 2.75) is 33.6 Å². The van der Waals surface area contributed by atoms with Gasteiger partial charge in [0.2, 0.25) is 0 Å². The van der Waals surface area contributed by atoms with Crippen molar-refractivity contribution in [1.82, 2.24) is 4.98 Å². The zero-order chi connectivity index (χ0) is 10.7. The lowest BCUT2D eigenvalue weighted by molar-refractivity contribution is 0.0696. The van der Waals surface area contributed by atoms with Crippen LogP contribution in [0, 0.1) is 5.92 Å². The minimum absolute atomic E-state index is 0.420. The fourth-order valence-corrected chi connectivity index (χ4v) is 1.58. The lowest BCUT2D eigenvalue weighted by atomic mass is 10.1. The van der Waals surface area contributed by atoms with Crippen LogP contribution in [0.5, 0.6) is 0 Å². The second-order valence-corrected chi connectivity index (χ2v) is 3.94. The molecule has 3 nitrogen and oxygen atoms in total. The van der Waals surface area contributed by atoms with Crippen LogP contribution in [0.2, 0.25) is 0 Å². The summed E-state index contributed by atoms with van der Waals surface area (Å²) in [5.74, 6) is -0.298. The van der Waals surface area contributed by atoms with Crippen LogP contribution in [0.25, 0.3) is 0 Å². The summed E-state index contributed by atoms with van der Waals surface area (Å²) < 4.78 is 0. The van der Waals surface area contributed by atoms with Crippen LogP contribution < -0.4 is 0 Å². The molecule has 0 aromatic carbocycles. The molecule has 1 aromatic heterocycles. The number of aryl methyl sites for hydroxylation is 1. The molecule has 3 heteroatoms. The molecule has 1 aromatic rings. The van der Waals surface area contributed by atoms with Crippen molar-refractivity contribution in [3.05, 3.63) is 23.0 Å². The highest BCUT2D eigenvalue weighted by Crippen LogP contribution is 2.14. The summed E-state index contributed by atoms with van der Waals surface area (Å²) in [5.41, 5.74) is 2.27. The molecule has 0 bridgehead atoms. The molecule has 0 aliphatic carbocycles. The van der Waals surface area contributed by atoms with Crippen LogP contribution in [0.3, 0.4) is 0 Å². The average Bonchev–Trinajstić information content (AvgIpc) is 2.46. The van der Waals surface area contributed by atoms with Crippen molar-refractivity contribution < 1.29 is 9.90 Å². The maximum absolute atomic E-state index is 10.9. The van der Waals surface area contributed by atoms with Gasteiger partial charge in [-0.2, -0.15) is 0 Å². The Kier molecular flexibility index (Phi) is 3.33. The molecule has 0 radical (unpaired) electrons. The number of H-pyrrole nitrogens is 1. The third-order valence-electron chi connectivity index (χ3n) is 2.17. The number of rotatable bonds is 4. The van der Waals surface area contributed by atoms with Crippen molar-refractivity contribution in [1.29, 1.82) is 0 Å². The van der Waals surface area contributed by atoms with Crippen LogP contribution in [-0.4, -0.2) is 16.1 Å². The van der Waals surface area contributed by atoms with Gasteiger partial charge in [-0.15, -0.1) is 0 Å². The molecule has 0 saturated carbocycles. The van der Waals surface area contributed by atoms with Crippen LogP contribution in [0.4, 0.5) is 0 Å². The van der Waals surface area contributed by atoms with E-state index in [0.29, 0.717) is 11.5 Å². The highest BCUT2D eigenvalue weighted by Gasteiger charge is 2.13. The zero-order valence-electron chi connectivity index (χ0n) is 8.92. The summed E-state index contributed by atoms with van der Waals surface area (Å²) in [6, 6.07) is 1.75. The Bertz CT molecular complexity index is 326. The second kappa shape index (κ2) is 4.31. The van der Waals surface area contributed by atoms with Crippen molar-refractivity contribution in [2.24, 2.45) is 5.92 Å². The number of carbonyl (C=O) groups is 1. The second-order valence-electron chi connectivity index (χ2n) is 3.94. The van der Waals surface area contributed by atoms with Crippen LogP contribution in [-0.2, 0) is 12.8 Å². The number of hydrogen-bond acceptors (Lipinski definition) is 1. The van der Waals surface area contributed by atoms with Crippen LogP contribution in [0.1, 0.15) is 42.5 Å². The Hall–Kier alpha value is -1.25. The fourth-order valence-electron chi connectivity index (χ4n) is 1.58. The summed E-state index contributed by atoms with van der Waals surface area (Å²) in [6.45, 7) is 6.19. The molecule has 78 valence electrons. The summed E-state index contributed by atoms with van der Waals surface area (Å²) in [6.07, 6.45) is 1.64. The van der Waals surface area contributed by atoms with Crippen LogP contribution >= 0.6 is 0 Å². The molecular formula is C11H17NO2. The van der Waals surface area contributed by atoms with Gasteiger partial charge >= 0.3 is 5.97 Å². The Morgan fingerprint density at radius 3 is 2.57 bits per heavy atom. The van der Waals surface area contributed by atoms with Crippen molar-refractivity contribution >= 4 is 5.97 Å². The summed E-state index contributed by atoms with van der Waals surface area (Å²) >= 11 is 0. The topological polar surface area (TPSA) is 53.1 Å². The van der Waals surface area contributed by atoms with Gasteiger partial charge in [0.25, 0.3) is 0 Å². The van der Waals surface area contributed by atoms with E-state index in [4.69, 9.17) is 5.11 Å². The summed E-state index contributed by atoms with van der Waals surface area (Å²) in [5, 5.41) is 8.92. The molecule has 0 amide bonds. The van der Waals surface area contributed by atoms with Gasteiger partial charge in [-0.25, -0.2) is 4.79 Å². The fraction of sp³-hybridized carbons (Fsp3) is 0.545. The van der Waals surface area contributed by atoms with Gasteiger partial charge in [0.1, 0.15) is 0 Å². The molecule has 0 aliphatic rings. The van der Waals surface area contributed by atoms with Gasteiger partial charge in [-0.05, 0) is 24.8 Å². The predicted molar refractivity (Wildman–Crippen MR) is 55.7 cm³/mol. The number of aromatic amines is 1. The van der Waals surface area contributed by atoms with Gasteiger partial charge in [0.15, 0.2) is 0 Å². The van der Waals surface area contributed by atoms with E-state index < -0.39 is 5.97 Å². The first kappa shape index (κ1) is 10.8. The zero-order valence-corrected chi connectivity index (χ0v) is 8.92. The maximum Gasteiger partial charge on any atom is 0.337 e. The molecule has 0 saturated heterocycles. The van der Waals surface area contributed by atoms with Gasteiger partial charge in [0.05, 0.1) is 5.56 Å².